The van der Waals surface area contributed by atoms with Crippen molar-refractivity contribution in [1.82, 2.24) is 15.1 Å². The van der Waals surface area contributed by atoms with Gasteiger partial charge >= 0.3 is 0 Å². The van der Waals surface area contributed by atoms with E-state index < -0.39 is 0 Å². The number of nitrogens with zero attached hydrogens (tertiary/aromatic N) is 2. The van der Waals surface area contributed by atoms with Crippen LogP contribution in [0.1, 0.15) is 25.7 Å². The maximum Gasteiger partial charge on any atom is 0.291 e. The summed E-state index contributed by atoms with van der Waals surface area (Å²) < 4.78 is 1.53. The fourth-order valence-electron chi connectivity index (χ4n) is 2.05. The Morgan fingerprint density at radius 2 is 2.11 bits per heavy atom. The van der Waals surface area contributed by atoms with Gasteiger partial charge in [0.15, 0.2) is 0 Å². The van der Waals surface area contributed by atoms with Crippen LogP contribution in [-0.2, 0) is 6.54 Å². The van der Waals surface area contributed by atoms with E-state index >= 15 is 0 Å². The van der Waals surface area contributed by atoms with Crippen LogP contribution in [-0.4, -0.2) is 28.9 Å². The molecule has 2 fully saturated rings. The molecule has 0 amide bonds. The molecule has 19 heavy (non-hydrogen) atoms. The molecule has 0 saturated heterocycles. The largest absolute Gasteiger partial charge is 0.378 e. The van der Waals surface area contributed by atoms with Crippen LogP contribution in [0.4, 0.5) is 5.69 Å². The van der Waals surface area contributed by atoms with Crippen LogP contribution < -0.4 is 16.2 Å². The van der Waals surface area contributed by atoms with Crippen molar-refractivity contribution >= 4 is 17.3 Å². The Hall–Kier alpha value is -1.07. The van der Waals surface area contributed by atoms with Crippen LogP contribution in [0.5, 0.6) is 0 Å². The number of hydrogen-bond acceptors (Lipinski definition) is 4. The molecule has 1 heterocycles. The van der Waals surface area contributed by atoms with E-state index in [1.165, 1.54) is 30.4 Å². The molecule has 2 aliphatic rings. The molecule has 0 aromatic carbocycles. The van der Waals surface area contributed by atoms with Crippen molar-refractivity contribution in [1.29, 1.82) is 0 Å². The summed E-state index contributed by atoms with van der Waals surface area (Å²) in [6.45, 7) is 2.27. The van der Waals surface area contributed by atoms with Crippen LogP contribution in [0.15, 0.2) is 11.0 Å². The van der Waals surface area contributed by atoms with Gasteiger partial charge in [0.2, 0.25) is 0 Å². The first kappa shape index (κ1) is 12.9. The van der Waals surface area contributed by atoms with E-state index in [1.54, 1.807) is 6.20 Å². The van der Waals surface area contributed by atoms with Gasteiger partial charge in [-0.25, -0.2) is 4.68 Å². The highest BCUT2D eigenvalue weighted by Crippen LogP contribution is 2.30. The Bertz CT molecular complexity index is 508. The van der Waals surface area contributed by atoms with Crippen molar-refractivity contribution in [2.45, 2.75) is 38.3 Å². The van der Waals surface area contributed by atoms with Gasteiger partial charge in [-0.15, -0.1) is 0 Å². The molecule has 2 aliphatic carbocycles. The molecule has 3 rings (SSSR count). The summed E-state index contributed by atoms with van der Waals surface area (Å²) >= 11 is 6.05. The second-order valence-electron chi connectivity index (χ2n) is 5.45. The lowest BCUT2D eigenvalue weighted by atomic mass is 10.4. The number of aromatic nitrogens is 2. The van der Waals surface area contributed by atoms with Crippen molar-refractivity contribution in [2.24, 2.45) is 5.92 Å². The zero-order chi connectivity index (χ0) is 13.2. The number of halogens is 1. The minimum absolute atomic E-state index is 0.106. The van der Waals surface area contributed by atoms with Crippen LogP contribution in [0.2, 0.25) is 5.02 Å². The molecule has 0 aliphatic heterocycles. The third-order valence-corrected chi connectivity index (χ3v) is 3.85. The topological polar surface area (TPSA) is 59.0 Å². The summed E-state index contributed by atoms with van der Waals surface area (Å²) in [4.78, 5) is 12.2. The summed E-state index contributed by atoms with van der Waals surface area (Å²) in [5, 5.41) is 11.0. The number of anilines is 1. The summed E-state index contributed by atoms with van der Waals surface area (Å²) in [5.41, 5.74) is 0.376. The molecule has 1 aromatic heterocycles. The molecule has 0 unspecified atom stereocenters. The lowest BCUT2D eigenvalue weighted by Gasteiger charge is -2.10. The zero-order valence-electron chi connectivity index (χ0n) is 10.9. The van der Waals surface area contributed by atoms with E-state index in [9.17, 15) is 4.79 Å². The molecule has 2 N–H and O–H groups in total. The summed E-state index contributed by atoms with van der Waals surface area (Å²) in [7, 11) is 0. The number of rotatable bonds is 7. The third-order valence-electron chi connectivity index (χ3n) is 3.56. The first-order chi connectivity index (χ1) is 9.24. The van der Waals surface area contributed by atoms with Gasteiger partial charge in [0.1, 0.15) is 5.69 Å². The molecule has 2 saturated carbocycles. The fourth-order valence-corrected chi connectivity index (χ4v) is 2.25. The molecular weight excluding hydrogens is 264 g/mol. The summed E-state index contributed by atoms with van der Waals surface area (Å²) in [5.74, 6) is 0.621. The van der Waals surface area contributed by atoms with Crippen LogP contribution in [0.25, 0.3) is 0 Å². The van der Waals surface area contributed by atoms with Crippen molar-refractivity contribution in [3.05, 3.63) is 21.6 Å². The van der Waals surface area contributed by atoms with Crippen molar-refractivity contribution in [3.63, 3.8) is 0 Å². The van der Waals surface area contributed by atoms with Gasteiger partial charge in [0.25, 0.3) is 5.56 Å². The van der Waals surface area contributed by atoms with E-state index in [0.29, 0.717) is 35.8 Å². The van der Waals surface area contributed by atoms with Crippen LogP contribution in [0, 0.1) is 5.92 Å². The van der Waals surface area contributed by atoms with Gasteiger partial charge < -0.3 is 10.6 Å². The highest BCUT2D eigenvalue weighted by molar-refractivity contribution is 6.32. The first-order valence-electron chi connectivity index (χ1n) is 6.97. The van der Waals surface area contributed by atoms with Gasteiger partial charge in [-0.1, -0.05) is 11.6 Å². The zero-order valence-corrected chi connectivity index (χ0v) is 11.6. The lowest BCUT2D eigenvalue weighted by molar-refractivity contribution is 0.534. The predicted molar refractivity (Wildman–Crippen MR) is 75.7 cm³/mol. The van der Waals surface area contributed by atoms with Crippen molar-refractivity contribution in [2.75, 3.05) is 18.4 Å². The molecule has 6 heteroatoms. The Morgan fingerprint density at radius 3 is 2.79 bits per heavy atom. The quantitative estimate of drug-likeness (QED) is 0.744. The second-order valence-corrected chi connectivity index (χ2v) is 5.86. The molecule has 1 aromatic rings. The van der Waals surface area contributed by atoms with Crippen LogP contribution >= 0.6 is 11.6 Å². The summed E-state index contributed by atoms with van der Waals surface area (Å²) in [6.07, 6.45) is 6.49. The van der Waals surface area contributed by atoms with Gasteiger partial charge in [-0.05, 0) is 31.6 Å². The highest BCUT2D eigenvalue weighted by Gasteiger charge is 2.23. The molecule has 0 bridgehead atoms. The minimum Gasteiger partial charge on any atom is -0.378 e. The Morgan fingerprint density at radius 1 is 1.32 bits per heavy atom. The Labute approximate surface area is 117 Å². The third kappa shape index (κ3) is 3.48. The van der Waals surface area contributed by atoms with E-state index in [4.69, 9.17) is 11.6 Å². The molecule has 5 nitrogen and oxygen atoms in total. The van der Waals surface area contributed by atoms with Gasteiger partial charge in [0.05, 0.1) is 11.2 Å². The van der Waals surface area contributed by atoms with Crippen molar-refractivity contribution in [3.8, 4) is 0 Å². The Balaban J connectivity index is 1.61. The number of hydrogen-bond donors (Lipinski definition) is 2. The lowest BCUT2D eigenvalue weighted by Crippen LogP contribution is -2.30. The maximum absolute atomic E-state index is 12.2. The van der Waals surface area contributed by atoms with Gasteiger partial charge in [-0.3, -0.25) is 4.79 Å². The van der Waals surface area contributed by atoms with Gasteiger partial charge in [0, 0.05) is 25.7 Å². The van der Waals surface area contributed by atoms with Crippen LogP contribution in [0.3, 0.4) is 0 Å². The average molecular weight is 283 g/mol. The van der Waals surface area contributed by atoms with Gasteiger partial charge in [-0.2, -0.15) is 5.10 Å². The molecule has 0 atom stereocenters. The average Bonchev–Trinajstić information content (AvgIpc) is 3.25. The second kappa shape index (κ2) is 5.51. The normalized spacial score (nSPS) is 18.6. The monoisotopic (exact) mass is 282 g/mol. The van der Waals surface area contributed by atoms with Crippen molar-refractivity contribution < 1.29 is 0 Å². The van der Waals surface area contributed by atoms with E-state index in [0.717, 1.165) is 6.54 Å². The van der Waals surface area contributed by atoms with E-state index in [1.807, 2.05) is 0 Å². The number of nitrogens with one attached hydrogen (secondary N) is 2. The SMILES string of the molecule is O=c1c(NCCNC2CC2)c(Cl)cnn1CC1CC1. The maximum atomic E-state index is 12.2. The molecule has 0 spiro atoms. The standard InChI is InChI=1S/C13H19ClN4O/c14-11-7-17-18(8-9-1-2-9)13(19)12(11)16-6-5-15-10-3-4-10/h7,9-10,15-16H,1-6,8H2. The first-order valence-corrected chi connectivity index (χ1v) is 7.34. The molecule has 0 radical (unpaired) electrons. The predicted octanol–water partition coefficient (Wildman–Crippen LogP) is 1.47. The van der Waals surface area contributed by atoms with E-state index in [-0.39, 0.29) is 5.56 Å². The summed E-state index contributed by atoms with van der Waals surface area (Å²) in [6, 6.07) is 0.682. The fraction of sp³-hybridized carbons (Fsp3) is 0.692. The Kier molecular flexibility index (Phi) is 3.75. The minimum atomic E-state index is -0.106. The smallest absolute Gasteiger partial charge is 0.291 e. The highest BCUT2D eigenvalue weighted by atomic mass is 35.5. The van der Waals surface area contributed by atoms with E-state index in [2.05, 4.69) is 15.7 Å². The molecular formula is C13H19ClN4O. The molecule has 104 valence electrons.